The largest absolute Gasteiger partial charge is 0.497 e. The van der Waals surface area contributed by atoms with Gasteiger partial charge in [-0.05, 0) is 42.6 Å². The van der Waals surface area contributed by atoms with Crippen molar-refractivity contribution in [2.75, 3.05) is 26.7 Å². The van der Waals surface area contributed by atoms with E-state index in [0.717, 1.165) is 35.3 Å². The Kier molecular flexibility index (Phi) is 6.18. The zero-order valence-corrected chi connectivity index (χ0v) is 18.8. The minimum Gasteiger partial charge on any atom is -0.497 e. The van der Waals surface area contributed by atoms with Crippen molar-refractivity contribution in [2.45, 2.75) is 18.9 Å². The van der Waals surface area contributed by atoms with E-state index in [2.05, 4.69) is 22.0 Å². The zero-order valence-electron chi connectivity index (χ0n) is 17.2. The molecule has 4 aromatic rings. The number of nitrogens with one attached hydrogen (secondary N) is 1. The van der Waals surface area contributed by atoms with E-state index in [4.69, 9.17) is 4.74 Å². The fourth-order valence-corrected chi connectivity index (χ4v) is 5.46. The number of hydrogen-bond acceptors (Lipinski definition) is 5. The van der Waals surface area contributed by atoms with Crippen molar-refractivity contribution in [1.82, 2.24) is 14.5 Å². The molecule has 1 fully saturated rings. The summed E-state index contributed by atoms with van der Waals surface area (Å²) in [6.07, 6.45) is 1.06. The Labute approximate surface area is 189 Å². The monoisotopic (exact) mass is 457 g/mol. The van der Waals surface area contributed by atoms with Gasteiger partial charge in [0.2, 0.25) is 0 Å². The molecule has 31 heavy (non-hydrogen) atoms. The van der Waals surface area contributed by atoms with E-state index in [9.17, 15) is 9.59 Å². The molecule has 1 aliphatic rings. The van der Waals surface area contributed by atoms with E-state index in [-0.39, 0.29) is 23.7 Å². The topological polar surface area (TPSA) is 67.3 Å². The average Bonchev–Trinajstić information content (AvgIpc) is 3.39. The van der Waals surface area contributed by atoms with Crippen LogP contribution >= 0.6 is 23.7 Å². The minimum absolute atomic E-state index is 0. The van der Waals surface area contributed by atoms with Gasteiger partial charge in [-0.3, -0.25) is 9.36 Å². The van der Waals surface area contributed by atoms with Gasteiger partial charge < -0.3 is 14.6 Å². The summed E-state index contributed by atoms with van der Waals surface area (Å²) in [4.78, 5) is 30.9. The van der Waals surface area contributed by atoms with Crippen LogP contribution in [0.25, 0.3) is 20.3 Å². The normalized spacial score (nSPS) is 16.6. The Morgan fingerprint density at radius 2 is 1.97 bits per heavy atom. The van der Waals surface area contributed by atoms with E-state index < -0.39 is 0 Å². The number of rotatable bonds is 5. The second-order valence-corrected chi connectivity index (χ2v) is 8.80. The fourth-order valence-electron chi connectivity index (χ4n) is 4.36. The summed E-state index contributed by atoms with van der Waals surface area (Å²) in [6, 6.07) is 16.0. The van der Waals surface area contributed by atoms with Gasteiger partial charge in [0.25, 0.3) is 5.56 Å². The number of benzene rings is 2. The number of thiophene rings is 1. The van der Waals surface area contributed by atoms with Crippen LogP contribution in [0, 0.1) is 0 Å². The first-order chi connectivity index (χ1) is 14.6. The van der Waals surface area contributed by atoms with Crippen LogP contribution in [0.2, 0.25) is 0 Å². The Morgan fingerprint density at radius 3 is 2.81 bits per heavy atom. The van der Waals surface area contributed by atoms with Crippen LogP contribution in [0.5, 0.6) is 5.75 Å². The van der Waals surface area contributed by atoms with Crippen LogP contribution in [-0.2, 0) is 6.54 Å². The Bertz CT molecular complexity index is 1340. The molecule has 0 aliphatic carbocycles. The molecule has 0 spiro atoms. The molecule has 2 aromatic heterocycles. The first-order valence-corrected chi connectivity index (χ1v) is 11.0. The smallest absolute Gasteiger partial charge is 0.328 e. The predicted octanol–water partition coefficient (Wildman–Crippen LogP) is 3.82. The summed E-state index contributed by atoms with van der Waals surface area (Å²) in [5.74, 6) is 1.32. The van der Waals surface area contributed by atoms with Crippen LogP contribution in [0.1, 0.15) is 17.9 Å². The van der Waals surface area contributed by atoms with Crippen LogP contribution in [0.15, 0.2) is 58.1 Å². The third-order valence-corrected chi connectivity index (χ3v) is 7.15. The fraction of sp³-hybridized carbons (Fsp3) is 0.304. The lowest BCUT2D eigenvalue weighted by molar-refractivity contribution is 0.314. The lowest BCUT2D eigenvalue weighted by Crippen LogP contribution is -2.38. The summed E-state index contributed by atoms with van der Waals surface area (Å²) in [6.45, 7) is 2.95. The third kappa shape index (κ3) is 4.01. The number of halogens is 1. The molecule has 0 amide bonds. The van der Waals surface area contributed by atoms with Crippen molar-refractivity contribution >= 4 is 44.0 Å². The first-order valence-electron chi connectivity index (χ1n) is 10.1. The summed E-state index contributed by atoms with van der Waals surface area (Å²) in [5, 5.41) is 0.930. The van der Waals surface area contributed by atoms with Crippen molar-refractivity contribution in [3.05, 3.63) is 74.9 Å². The molecule has 6 nitrogen and oxygen atoms in total. The van der Waals surface area contributed by atoms with Gasteiger partial charge in [0, 0.05) is 29.7 Å². The van der Waals surface area contributed by atoms with E-state index in [0.29, 0.717) is 29.2 Å². The molecule has 0 saturated carbocycles. The van der Waals surface area contributed by atoms with Gasteiger partial charge in [0.1, 0.15) is 10.4 Å². The molecular formula is C23H24ClN3O3S. The van der Waals surface area contributed by atoms with E-state index in [1.54, 1.807) is 7.11 Å². The highest BCUT2D eigenvalue weighted by molar-refractivity contribution is 7.25. The molecule has 8 heteroatoms. The van der Waals surface area contributed by atoms with Gasteiger partial charge in [0.15, 0.2) is 0 Å². The molecule has 1 N–H and O–H groups in total. The number of fused-ring (bicyclic) bond motifs is 3. The number of nitrogens with zero attached hydrogens (tertiary/aromatic N) is 2. The van der Waals surface area contributed by atoms with E-state index in [1.807, 2.05) is 36.4 Å². The molecule has 0 bridgehead atoms. The summed E-state index contributed by atoms with van der Waals surface area (Å²) < 4.78 is 8.31. The van der Waals surface area contributed by atoms with Gasteiger partial charge in [-0.25, -0.2) is 4.79 Å². The molecule has 1 aliphatic heterocycles. The zero-order chi connectivity index (χ0) is 20.7. The summed E-state index contributed by atoms with van der Waals surface area (Å²) >= 11 is 1.44. The van der Waals surface area contributed by atoms with E-state index in [1.165, 1.54) is 21.5 Å². The van der Waals surface area contributed by atoms with Gasteiger partial charge in [0.05, 0.1) is 12.6 Å². The number of hydrogen-bond donors (Lipinski definition) is 1. The highest BCUT2D eigenvalue weighted by Gasteiger charge is 2.24. The minimum atomic E-state index is -0.334. The highest BCUT2D eigenvalue weighted by Crippen LogP contribution is 2.30. The molecule has 5 rings (SSSR count). The summed E-state index contributed by atoms with van der Waals surface area (Å²) in [7, 11) is 1.68. The lowest BCUT2D eigenvalue weighted by atomic mass is 9.98. The first kappa shape index (κ1) is 21.6. The molecule has 3 heterocycles. The quantitative estimate of drug-likeness (QED) is 0.494. The number of H-pyrrole nitrogens is 1. The average molecular weight is 458 g/mol. The molecule has 1 saturated heterocycles. The van der Waals surface area contributed by atoms with Gasteiger partial charge >= 0.3 is 5.69 Å². The van der Waals surface area contributed by atoms with Gasteiger partial charge in [-0.2, -0.15) is 0 Å². The van der Waals surface area contributed by atoms with Crippen molar-refractivity contribution in [1.29, 1.82) is 0 Å². The van der Waals surface area contributed by atoms with Crippen LogP contribution in [0.3, 0.4) is 0 Å². The molecule has 1 atom stereocenters. The number of methoxy groups -OCH3 is 1. The maximum Gasteiger partial charge on any atom is 0.328 e. The number of aromatic amines is 1. The van der Waals surface area contributed by atoms with Crippen molar-refractivity contribution in [2.24, 2.45) is 0 Å². The van der Waals surface area contributed by atoms with Crippen molar-refractivity contribution < 1.29 is 4.74 Å². The number of likely N-dealkylation sites (tertiary alicyclic amines) is 1. The Morgan fingerprint density at radius 1 is 1.13 bits per heavy atom. The second-order valence-electron chi connectivity index (χ2n) is 7.75. The molecule has 162 valence electrons. The Hall–Kier alpha value is -2.61. The number of ether oxygens (including phenoxy) is 1. The van der Waals surface area contributed by atoms with Crippen molar-refractivity contribution in [3.63, 3.8) is 0 Å². The van der Waals surface area contributed by atoms with E-state index >= 15 is 0 Å². The standard InChI is InChI=1S/C23H23N3O3S.ClH/c1-29-17-6-4-5-15(13-17)16-9-10-25(14-16)11-12-26-22(27)21-20(24-23(26)28)18-7-2-3-8-19(18)30-21;/h2-8,13,16H,9-12,14H2,1H3,(H,24,28);1H. The summed E-state index contributed by atoms with van der Waals surface area (Å²) in [5.41, 5.74) is 1.40. The molecule has 0 radical (unpaired) electrons. The molecule has 1 unspecified atom stereocenters. The van der Waals surface area contributed by atoms with Crippen LogP contribution in [-0.4, -0.2) is 41.2 Å². The van der Waals surface area contributed by atoms with Crippen molar-refractivity contribution in [3.8, 4) is 5.75 Å². The van der Waals surface area contributed by atoms with Gasteiger partial charge in [-0.15, -0.1) is 23.7 Å². The number of aromatic nitrogens is 2. The maximum absolute atomic E-state index is 13.0. The highest BCUT2D eigenvalue weighted by atomic mass is 35.5. The lowest BCUT2D eigenvalue weighted by Gasteiger charge is -2.17. The van der Waals surface area contributed by atoms with Crippen LogP contribution in [0.4, 0.5) is 0 Å². The van der Waals surface area contributed by atoms with Crippen LogP contribution < -0.4 is 16.0 Å². The second kappa shape index (κ2) is 8.86. The SMILES string of the molecule is COc1cccc(C2CCN(CCn3c(=O)[nH]c4c(sc5ccccc54)c3=O)C2)c1.Cl. The van der Waals surface area contributed by atoms with Gasteiger partial charge in [-0.1, -0.05) is 30.3 Å². The molecular weight excluding hydrogens is 434 g/mol. The molecule has 2 aromatic carbocycles. The third-order valence-electron chi connectivity index (χ3n) is 5.99. The predicted molar refractivity (Wildman–Crippen MR) is 128 cm³/mol. The maximum atomic E-state index is 13.0. The Balaban J connectivity index is 0.00000231.